The van der Waals surface area contributed by atoms with E-state index in [-0.39, 0.29) is 0 Å². The highest BCUT2D eigenvalue weighted by Crippen LogP contribution is 2.23. The lowest BCUT2D eigenvalue weighted by molar-refractivity contribution is 0.448. The maximum atomic E-state index is 11.4. The standard InChI is InChI=1S/C14H25BrN4O2S2/c1-6-16-13(17-10-14(2,3)18-23(5,20)21)19(4)9-11-7-8-12(15)22-11/h7-8,18H,6,9-10H2,1-5H3,(H,16,17). The summed E-state index contributed by atoms with van der Waals surface area (Å²) >= 11 is 5.15. The van der Waals surface area contributed by atoms with Crippen molar-refractivity contribution in [3.8, 4) is 0 Å². The molecule has 6 nitrogen and oxygen atoms in total. The van der Waals surface area contributed by atoms with Gasteiger partial charge < -0.3 is 10.2 Å². The van der Waals surface area contributed by atoms with E-state index < -0.39 is 15.6 Å². The van der Waals surface area contributed by atoms with Crippen LogP contribution in [-0.4, -0.2) is 51.2 Å². The molecule has 1 aromatic rings. The monoisotopic (exact) mass is 424 g/mol. The van der Waals surface area contributed by atoms with Crippen LogP contribution in [0.4, 0.5) is 0 Å². The number of hydrogen-bond donors (Lipinski definition) is 2. The fraction of sp³-hybridized carbons (Fsp3) is 0.643. The van der Waals surface area contributed by atoms with Crippen LogP contribution in [-0.2, 0) is 16.6 Å². The molecule has 0 aliphatic carbocycles. The van der Waals surface area contributed by atoms with Crippen LogP contribution in [0.3, 0.4) is 0 Å². The number of guanidine groups is 1. The Kier molecular flexibility index (Phi) is 7.50. The van der Waals surface area contributed by atoms with Crippen molar-refractivity contribution in [2.24, 2.45) is 4.99 Å². The van der Waals surface area contributed by atoms with Crippen LogP contribution < -0.4 is 10.0 Å². The minimum atomic E-state index is -3.26. The number of halogens is 1. The van der Waals surface area contributed by atoms with E-state index in [1.54, 1.807) is 11.3 Å². The van der Waals surface area contributed by atoms with E-state index in [1.165, 1.54) is 4.88 Å². The molecule has 0 saturated carbocycles. The minimum Gasteiger partial charge on any atom is -0.357 e. The first-order valence-corrected chi connectivity index (χ1v) is 10.7. The molecule has 1 aromatic heterocycles. The van der Waals surface area contributed by atoms with Gasteiger partial charge in [-0.05, 0) is 48.8 Å². The van der Waals surface area contributed by atoms with Gasteiger partial charge in [0.1, 0.15) is 0 Å². The molecule has 1 rings (SSSR count). The third-order valence-electron chi connectivity index (χ3n) is 2.80. The van der Waals surface area contributed by atoms with E-state index >= 15 is 0 Å². The van der Waals surface area contributed by atoms with Crippen LogP contribution in [0.25, 0.3) is 0 Å². The molecule has 0 saturated heterocycles. The number of hydrogen-bond acceptors (Lipinski definition) is 4. The van der Waals surface area contributed by atoms with E-state index in [1.807, 2.05) is 38.8 Å². The van der Waals surface area contributed by atoms with Gasteiger partial charge >= 0.3 is 0 Å². The summed E-state index contributed by atoms with van der Waals surface area (Å²) < 4.78 is 26.5. The van der Waals surface area contributed by atoms with Gasteiger partial charge in [0.05, 0.1) is 23.1 Å². The summed E-state index contributed by atoms with van der Waals surface area (Å²) in [7, 11) is -1.30. The lowest BCUT2D eigenvalue weighted by Gasteiger charge is -2.26. The van der Waals surface area contributed by atoms with Gasteiger partial charge in [-0.2, -0.15) is 0 Å². The van der Waals surface area contributed by atoms with Gasteiger partial charge in [-0.15, -0.1) is 11.3 Å². The van der Waals surface area contributed by atoms with Crippen LogP contribution in [0.5, 0.6) is 0 Å². The first-order valence-electron chi connectivity index (χ1n) is 7.25. The predicted octanol–water partition coefficient (Wildman–Crippen LogP) is 2.24. The molecule has 23 heavy (non-hydrogen) atoms. The van der Waals surface area contributed by atoms with Gasteiger partial charge in [0.25, 0.3) is 0 Å². The Balaban J connectivity index is 2.79. The maximum Gasteiger partial charge on any atom is 0.209 e. The SMILES string of the molecule is CCNC(=NCC(C)(C)NS(C)(=O)=O)N(C)Cc1ccc(Br)s1. The van der Waals surface area contributed by atoms with Gasteiger partial charge in [-0.1, -0.05) is 0 Å². The van der Waals surface area contributed by atoms with Crippen molar-refractivity contribution < 1.29 is 8.42 Å². The number of aliphatic imine (C=N–C) groups is 1. The van der Waals surface area contributed by atoms with Crippen molar-refractivity contribution in [1.82, 2.24) is 14.9 Å². The fourth-order valence-corrected chi connectivity index (χ4v) is 4.63. The lowest BCUT2D eigenvalue weighted by atomic mass is 10.1. The quantitative estimate of drug-likeness (QED) is 0.519. The highest BCUT2D eigenvalue weighted by molar-refractivity contribution is 9.11. The van der Waals surface area contributed by atoms with E-state index in [0.29, 0.717) is 6.54 Å². The second-order valence-corrected chi connectivity index (χ2v) is 10.3. The molecular weight excluding hydrogens is 400 g/mol. The van der Waals surface area contributed by atoms with Crippen molar-refractivity contribution in [3.05, 3.63) is 20.8 Å². The number of thiophene rings is 1. The Bertz CT molecular complexity index is 641. The Labute approximate surface area is 151 Å². The van der Waals surface area contributed by atoms with Gasteiger partial charge in [-0.25, -0.2) is 13.1 Å². The van der Waals surface area contributed by atoms with Crippen molar-refractivity contribution in [2.45, 2.75) is 32.9 Å². The van der Waals surface area contributed by atoms with Gasteiger partial charge in [0.15, 0.2) is 5.96 Å². The molecule has 0 amide bonds. The first-order chi connectivity index (χ1) is 10.5. The largest absolute Gasteiger partial charge is 0.357 e. The molecule has 1 heterocycles. The summed E-state index contributed by atoms with van der Waals surface area (Å²) in [5.74, 6) is 0.750. The van der Waals surface area contributed by atoms with Gasteiger partial charge in [0.2, 0.25) is 10.0 Å². The van der Waals surface area contributed by atoms with Crippen molar-refractivity contribution in [3.63, 3.8) is 0 Å². The molecule has 0 aliphatic heterocycles. The first kappa shape index (κ1) is 20.4. The van der Waals surface area contributed by atoms with Crippen LogP contribution >= 0.6 is 27.3 Å². The zero-order valence-electron chi connectivity index (χ0n) is 14.2. The zero-order chi connectivity index (χ0) is 17.7. The summed E-state index contributed by atoms with van der Waals surface area (Å²) in [4.78, 5) is 7.82. The zero-order valence-corrected chi connectivity index (χ0v) is 17.4. The van der Waals surface area contributed by atoms with Crippen LogP contribution in [0.15, 0.2) is 20.9 Å². The molecule has 0 atom stereocenters. The lowest BCUT2D eigenvalue weighted by Crippen LogP contribution is -2.46. The topological polar surface area (TPSA) is 73.8 Å². The van der Waals surface area contributed by atoms with Crippen LogP contribution in [0.1, 0.15) is 25.6 Å². The summed E-state index contributed by atoms with van der Waals surface area (Å²) in [5, 5.41) is 3.24. The molecule has 0 bridgehead atoms. The predicted molar refractivity (Wildman–Crippen MR) is 102 cm³/mol. The van der Waals surface area contributed by atoms with Crippen molar-refractivity contribution in [2.75, 3.05) is 26.4 Å². The summed E-state index contributed by atoms with van der Waals surface area (Å²) in [6.07, 6.45) is 1.16. The summed E-state index contributed by atoms with van der Waals surface area (Å²) in [6.45, 7) is 7.47. The Morgan fingerprint density at radius 3 is 2.57 bits per heavy atom. The molecule has 0 fully saturated rings. The fourth-order valence-electron chi connectivity index (χ4n) is 2.02. The minimum absolute atomic E-state index is 0.348. The van der Waals surface area contributed by atoms with Gasteiger partial charge in [0, 0.05) is 24.0 Å². The molecule has 0 radical (unpaired) electrons. The molecule has 0 spiro atoms. The van der Waals surface area contributed by atoms with Crippen LogP contribution in [0, 0.1) is 0 Å². The Morgan fingerprint density at radius 2 is 2.09 bits per heavy atom. The smallest absolute Gasteiger partial charge is 0.209 e. The van der Waals surface area contributed by atoms with Crippen molar-refractivity contribution in [1.29, 1.82) is 0 Å². The highest BCUT2D eigenvalue weighted by atomic mass is 79.9. The normalized spacial score (nSPS) is 13.2. The summed E-state index contributed by atoms with van der Waals surface area (Å²) in [5.41, 5.74) is -0.638. The number of rotatable bonds is 7. The molecule has 9 heteroatoms. The third-order valence-corrected chi connectivity index (χ3v) is 5.34. The van der Waals surface area contributed by atoms with Crippen molar-refractivity contribution >= 4 is 43.2 Å². The average Bonchev–Trinajstić information content (AvgIpc) is 2.76. The number of nitrogens with zero attached hydrogens (tertiary/aromatic N) is 2. The molecule has 0 unspecified atom stereocenters. The second kappa shape index (κ2) is 8.46. The van der Waals surface area contributed by atoms with Crippen LogP contribution in [0.2, 0.25) is 0 Å². The number of nitrogens with one attached hydrogen (secondary N) is 2. The molecule has 2 N–H and O–H groups in total. The van der Waals surface area contributed by atoms with Gasteiger partial charge in [-0.3, -0.25) is 4.99 Å². The second-order valence-electron chi connectivity index (χ2n) is 5.99. The molecule has 132 valence electrons. The average molecular weight is 425 g/mol. The molecule has 0 aromatic carbocycles. The highest BCUT2D eigenvalue weighted by Gasteiger charge is 2.22. The maximum absolute atomic E-state index is 11.4. The summed E-state index contributed by atoms with van der Waals surface area (Å²) in [6, 6.07) is 4.10. The van der Waals surface area contributed by atoms with E-state index in [9.17, 15) is 8.42 Å². The van der Waals surface area contributed by atoms with E-state index in [0.717, 1.165) is 29.1 Å². The number of sulfonamides is 1. The Morgan fingerprint density at radius 1 is 1.43 bits per heavy atom. The Hall–Kier alpha value is -0.640. The van der Waals surface area contributed by atoms with E-state index in [2.05, 4.69) is 37.0 Å². The third kappa shape index (κ3) is 8.14. The molecule has 0 aliphatic rings. The molecular formula is C14H25BrN4O2S2. The van der Waals surface area contributed by atoms with E-state index in [4.69, 9.17) is 0 Å².